The highest BCUT2D eigenvalue weighted by Gasteiger charge is 2.33. The van der Waals surface area contributed by atoms with Crippen LogP contribution in [0, 0.1) is 5.41 Å². The van der Waals surface area contributed by atoms with Gasteiger partial charge in [0.1, 0.15) is 0 Å². The Labute approximate surface area is 138 Å². The molecule has 5 heteroatoms. The first-order chi connectivity index (χ1) is 11.1. The molecule has 1 aromatic rings. The first-order valence-corrected chi connectivity index (χ1v) is 8.47. The molecule has 3 N–H and O–H groups in total. The van der Waals surface area contributed by atoms with Gasteiger partial charge >= 0.3 is 0 Å². The van der Waals surface area contributed by atoms with Crippen molar-refractivity contribution in [3.05, 3.63) is 29.8 Å². The summed E-state index contributed by atoms with van der Waals surface area (Å²) < 4.78 is 0. The highest BCUT2D eigenvalue weighted by Crippen LogP contribution is 2.27. The van der Waals surface area contributed by atoms with Gasteiger partial charge in [0.2, 0.25) is 5.91 Å². The molecule has 1 aromatic carbocycles. The monoisotopic (exact) mass is 317 g/mol. The fourth-order valence-electron chi connectivity index (χ4n) is 3.05. The molecule has 0 atom stereocenters. The minimum Gasteiger partial charge on any atom is -0.339 e. The van der Waals surface area contributed by atoms with Gasteiger partial charge in [-0.3, -0.25) is 9.59 Å². The minimum absolute atomic E-state index is 0.0367. The molecule has 0 unspecified atom stereocenters. The number of hydrogen-bond acceptors (Lipinski definition) is 3. The highest BCUT2D eigenvalue weighted by atomic mass is 16.2. The van der Waals surface area contributed by atoms with Crippen LogP contribution < -0.4 is 11.1 Å². The molecule has 0 aromatic heterocycles. The van der Waals surface area contributed by atoms with Crippen molar-refractivity contribution in [1.29, 1.82) is 0 Å². The average Bonchev–Trinajstić information content (AvgIpc) is 3.11. The van der Waals surface area contributed by atoms with E-state index in [1.165, 1.54) is 0 Å². The summed E-state index contributed by atoms with van der Waals surface area (Å²) in [5, 5.41) is 2.93. The molecule has 0 aliphatic carbocycles. The number of nitrogens with two attached hydrogens (primary N) is 1. The summed E-state index contributed by atoms with van der Waals surface area (Å²) in [6.07, 6.45) is 3.51. The van der Waals surface area contributed by atoms with Crippen molar-refractivity contribution >= 4 is 17.5 Å². The Balaban J connectivity index is 2.13. The molecule has 1 aliphatic rings. The van der Waals surface area contributed by atoms with E-state index in [9.17, 15) is 9.59 Å². The van der Waals surface area contributed by atoms with Crippen molar-refractivity contribution in [2.75, 3.05) is 25.0 Å². The predicted molar refractivity (Wildman–Crippen MR) is 92.3 cm³/mol. The second-order valence-electron chi connectivity index (χ2n) is 6.23. The van der Waals surface area contributed by atoms with E-state index in [2.05, 4.69) is 5.32 Å². The van der Waals surface area contributed by atoms with Crippen LogP contribution in [0.25, 0.3) is 0 Å². The fourth-order valence-corrected chi connectivity index (χ4v) is 3.05. The smallest absolute Gasteiger partial charge is 0.253 e. The summed E-state index contributed by atoms with van der Waals surface area (Å²) in [4.78, 5) is 26.9. The van der Waals surface area contributed by atoms with Crippen molar-refractivity contribution in [1.82, 2.24) is 4.90 Å². The maximum Gasteiger partial charge on any atom is 0.253 e. The summed E-state index contributed by atoms with van der Waals surface area (Å²) in [7, 11) is 0. The van der Waals surface area contributed by atoms with Crippen LogP contribution in [0.5, 0.6) is 0 Å². The lowest BCUT2D eigenvalue weighted by Crippen LogP contribution is -2.41. The van der Waals surface area contributed by atoms with Crippen LogP contribution in [0.3, 0.4) is 0 Å². The van der Waals surface area contributed by atoms with Gasteiger partial charge in [-0.15, -0.1) is 0 Å². The molecule has 2 amide bonds. The largest absolute Gasteiger partial charge is 0.339 e. The number of likely N-dealkylation sites (tertiary alicyclic amines) is 1. The Bertz CT molecular complexity index is 553. The first-order valence-electron chi connectivity index (χ1n) is 8.47. The molecular weight excluding hydrogens is 290 g/mol. The normalized spacial score (nSPS) is 14.8. The van der Waals surface area contributed by atoms with E-state index in [1.54, 1.807) is 18.2 Å². The Morgan fingerprint density at radius 1 is 1.22 bits per heavy atom. The lowest BCUT2D eigenvalue weighted by atomic mass is 9.81. The zero-order valence-electron chi connectivity index (χ0n) is 14.1. The maximum absolute atomic E-state index is 12.6. The third-order valence-electron chi connectivity index (χ3n) is 4.99. The highest BCUT2D eigenvalue weighted by molar-refractivity contribution is 5.99. The average molecular weight is 317 g/mol. The zero-order chi connectivity index (χ0) is 16.9. The number of benzene rings is 1. The van der Waals surface area contributed by atoms with Gasteiger partial charge in [-0.25, -0.2) is 0 Å². The maximum atomic E-state index is 12.6. The number of amides is 2. The van der Waals surface area contributed by atoms with Crippen molar-refractivity contribution in [2.24, 2.45) is 11.1 Å². The lowest BCUT2D eigenvalue weighted by Gasteiger charge is -2.28. The zero-order valence-corrected chi connectivity index (χ0v) is 14.1. The SMILES string of the molecule is CCC(CC)(CN)C(=O)Nc1cccc(C(=O)N2CCCC2)c1. The Kier molecular flexibility index (Phi) is 5.77. The molecule has 5 nitrogen and oxygen atoms in total. The van der Waals surface area contributed by atoms with Gasteiger partial charge in [0.05, 0.1) is 5.41 Å². The Morgan fingerprint density at radius 3 is 2.43 bits per heavy atom. The standard InChI is InChI=1S/C18H27N3O2/c1-3-18(4-2,13-19)17(23)20-15-9-7-8-14(12-15)16(22)21-10-5-6-11-21/h7-9,12H,3-6,10-11,13,19H2,1-2H3,(H,20,23). The predicted octanol–water partition coefficient (Wildman–Crippen LogP) is 2.63. The molecule has 0 spiro atoms. The lowest BCUT2D eigenvalue weighted by molar-refractivity contribution is -0.125. The second kappa shape index (κ2) is 7.59. The van der Waals surface area contributed by atoms with Crippen molar-refractivity contribution in [3.8, 4) is 0 Å². The number of carbonyl (C=O) groups excluding carboxylic acids is 2. The van der Waals surface area contributed by atoms with Gasteiger partial charge in [0, 0.05) is 30.9 Å². The number of nitrogens with zero attached hydrogens (tertiary/aromatic N) is 1. The van der Waals surface area contributed by atoms with E-state index in [4.69, 9.17) is 5.73 Å². The van der Waals surface area contributed by atoms with Gasteiger partial charge in [-0.05, 0) is 43.9 Å². The van der Waals surface area contributed by atoms with E-state index < -0.39 is 5.41 Å². The summed E-state index contributed by atoms with van der Waals surface area (Å²) in [5.41, 5.74) is 6.55. The van der Waals surface area contributed by atoms with Crippen LogP contribution >= 0.6 is 0 Å². The van der Waals surface area contributed by atoms with Crippen LogP contribution in [-0.4, -0.2) is 36.3 Å². The molecule has 1 aliphatic heterocycles. The molecule has 1 heterocycles. The van der Waals surface area contributed by atoms with Gasteiger partial charge in [-0.1, -0.05) is 19.9 Å². The molecular formula is C18H27N3O2. The van der Waals surface area contributed by atoms with Gasteiger partial charge in [0.15, 0.2) is 0 Å². The molecule has 1 fully saturated rings. The molecule has 0 radical (unpaired) electrons. The van der Waals surface area contributed by atoms with E-state index in [1.807, 2.05) is 24.8 Å². The molecule has 23 heavy (non-hydrogen) atoms. The first kappa shape index (κ1) is 17.5. The summed E-state index contributed by atoms with van der Waals surface area (Å²) in [6.45, 7) is 5.90. The minimum atomic E-state index is -0.547. The number of nitrogens with one attached hydrogen (secondary N) is 1. The molecule has 0 saturated carbocycles. The van der Waals surface area contributed by atoms with Crippen molar-refractivity contribution < 1.29 is 9.59 Å². The number of carbonyl (C=O) groups is 2. The van der Waals surface area contributed by atoms with Gasteiger partial charge < -0.3 is 16.0 Å². The molecule has 2 rings (SSSR count). The topological polar surface area (TPSA) is 75.4 Å². The van der Waals surface area contributed by atoms with Crippen LogP contribution in [-0.2, 0) is 4.79 Å². The molecule has 1 saturated heterocycles. The number of hydrogen-bond donors (Lipinski definition) is 2. The van der Waals surface area contributed by atoms with Gasteiger partial charge in [-0.2, -0.15) is 0 Å². The van der Waals surface area contributed by atoms with Crippen molar-refractivity contribution in [2.45, 2.75) is 39.5 Å². The fraction of sp³-hybridized carbons (Fsp3) is 0.556. The van der Waals surface area contributed by atoms with Crippen LogP contribution in [0.4, 0.5) is 5.69 Å². The quantitative estimate of drug-likeness (QED) is 0.847. The third kappa shape index (κ3) is 3.72. The Hall–Kier alpha value is -1.88. The van der Waals surface area contributed by atoms with E-state index in [0.717, 1.165) is 25.9 Å². The Morgan fingerprint density at radius 2 is 1.87 bits per heavy atom. The van der Waals surface area contributed by atoms with Crippen molar-refractivity contribution in [3.63, 3.8) is 0 Å². The summed E-state index contributed by atoms with van der Waals surface area (Å²) in [6, 6.07) is 7.17. The number of anilines is 1. The molecule has 126 valence electrons. The summed E-state index contributed by atoms with van der Waals surface area (Å²) >= 11 is 0. The van der Waals surface area contributed by atoms with Crippen LogP contribution in [0.15, 0.2) is 24.3 Å². The molecule has 0 bridgehead atoms. The number of rotatable bonds is 6. The van der Waals surface area contributed by atoms with Crippen LogP contribution in [0.1, 0.15) is 49.9 Å². The third-order valence-corrected chi connectivity index (χ3v) is 4.99. The van der Waals surface area contributed by atoms with E-state index in [-0.39, 0.29) is 11.8 Å². The van der Waals surface area contributed by atoms with Crippen LogP contribution in [0.2, 0.25) is 0 Å². The van der Waals surface area contributed by atoms with E-state index in [0.29, 0.717) is 30.6 Å². The summed E-state index contributed by atoms with van der Waals surface area (Å²) in [5.74, 6) is -0.0366. The van der Waals surface area contributed by atoms with Gasteiger partial charge in [0.25, 0.3) is 5.91 Å². The van der Waals surface area contributed by atoms with E-state index >= 15 is 0 Å². The second-order valence-corrected chi connectivity index (χ2v) is 6.23.